The van der Waals surface area contributed by atoms with E-state index in [1.54, 1.807) is 4.90 Å². The van der Waals surface area contributed by atoms with E-state index in [0.717, 1.165) is 11.3 Å². The molecular formula is C24H24N4O3. The van der Waals surface area contributed by atoms with Gasteiger partial charge in [0.2, 0.25) is 5.91 Å². The Labute approximate surface area is 180 Å². The Balaban J connectivity index is 1.38. The highest BCUT2D eigenvalue weighted by atomic mass is 16.2. The lowest BCUT2D eigenvalue weighted by atomic mass is 9.95. The summed E-state index contributed by atoms with van der Waals surface area (Å²) in [6.07, 6.45) is 1.18. The molecule has 1 fully saturated rings. The minimum atomic E-state index is -0.253. The molecule has 0 unspecified atom stereocenters. The molecule has 1 N–H and O–H groups in total. The molecule has 158 valence electrons. The minimum Gasteiger partial charge on any atom is -0.337 e. The number of piperidine rings is 1. The van der Waals surface area contributed by atoms with Crippen molar-refractivity contribution in [2.24, 2.45) is 5.92 Å². The topological polar surface area (TPSA) is 84.3 Å². The van der Waals surface area contributed by atoms with Crippen LogP contribution in [-0.4, -0.2) is 39.6 Å². The fourth-order valence-corrected chi connectivity index (χ4v) is 3.71. The van der Waals surface area contributed by atoms with Crippen molar-refractivity contribution in [1.82, 2.24) is 14.7 Å². The third-order valence-electron chi connectivity index (χ3n) is 5.46. The van der Waals surface area contributed by atoms with Crippen LogP contribution in [0.5, 0.6) is 0 Å². The molecule has 0 saturated carbocycles. The number of carbonyl (C=O) groups excluding carboxylic acids is 2. The summed E-state index contributed by atoms with van der Waals surface area (Å²) in [6, 6.07) is 21.7. The van der Waals surface area contributed by atoms with Crippen LogP contribution in [0.15, 0.2) is 77.6 Å². The van der Waals surface area contributed by atoms with Gasteiger partial charge < -0.3 is 10.2 Å². The smallest absolute Gasteiger partial charge is 0.274 e. The molecule has 1 aliphatic rings. The Kier molecular flexibility index (Phi) is 6.21. The highest BCUT2D eigenvalue weighted by Gasteiger charge is 2.28. The third-order valence-corrected chi connectivity index (χ3v) is 5.46. The maximum atomic E-state index is 12.9. The van der Waals surface area contributed by atoms with Gasteiger partial charge in [0.05, 0.1) is 6.54 Å². The van der Waals surface area contributed by atoms with E-state index in [1.165, 1.54) is 16.8 Å². The average molecular weight is 416 g/mol. The first kappa shape index (κ1) is 20.5. The summed E-state index contributed by atoms with van der Waals surface area (Å²) in [5.41, 5.74) is 1.70. The van der Waals surface area contributed by atoms with E-state index in [1.807, 2.05) is 60.7 Å². The van der Waals surface area contributed by atoms with Crippen molar-refractivity contribution in [1.29, 1.82) is 0 Å². The van der Waals surface area contributed by atoms with Crippen LogP contribution in [0.25, 0.3) is 0 Å². The molecule has 31 heavy (non-hydrogen) atoms. The Bertz CT molecular complexity index is 1100. The minimum absolute atomic E-state index is 0.0205. The van der Waals surface area contributed by atoms with Crippen LogP contribution in [-0.2, 0) is 11.3 Å². The zero-order valence-electron chi connectivity index (χ0n) is 17.1. The number of nitrogens with zero attached hydrogens (tertiary/aromatic N) is 3. The van der Waals surface area contributed by atoms with Crippen molar-refractivity contribution >= 4 is 17.5 Å². The van der Waals surface area contributed by atoms with Gasteiger partial charge in [0.1, 0.15) is 5.69 Å². The van der Waals surface area contributed by atoms with Gasteiger partial charge in [-0.2, -0.15) is 5.10 Å². The van der Waals surface area contributed by atoms with Gasteiger partial charge in [0, 0.05) is 30.8 Å². The maximum absolute atomic E-state index is 12.9. The normalized spacial score (nSPS) is 14.3. The van der Waals surface area contributed by atoms with Crippen LogP contribution in [0.4, 0.5) is 5.69 Å². The van der Waals surface area contributed by atoms with Gasteiger partial charge in [-0.15, -0.1) is 0 Å². The largest absolute Gasteiger partial charge is 0.337 e. The van der Waals surface area contributed by atoms with E-state index >= 15 is 0 Å². The van der Waals surface area contributed by atoms with E-state index in [0.29, 0.717) is 32.5 Å². The van der Waals surface area contributed by atoms with Crippen LogP contribution in [0, 0.1) is 5.92 Å². The first-order valence-electron chi connectivity index (χ1n) is 10.4. The highest BCUT2D eigenvalue weighted by molar-refractivity contribution is 5.94. The van der Waals surface area contributed by atoms with Crippen molar-refractivity contribution in [2.45, 2.75) is 19.4 Å². The van der Waals surface area contributed by atoms with Crippen molar-refractivity contribution in [2.75, 3.05) is 18.4 Å². The molecular weight excluding hydrogens is 392 g/mol. The predicted molar refractivity (Wildman–Crippen MR) is 118 cm³/mol. The quantitative estimate of drug-likeness (QED) is 0.693. The zero-order chi connectivity index (χ0) is 21.6. The second kappa shape index (κ2) is 9.38. The molecule has 4 rings (SSSR count). The number of likely N-dealkylation sites (tertiary alicyclic amines) is 1. The summed E-state index contributed by atoms with van der Waals surface area (Å²) < 4.78 is 1.31. The molecule has 1 saturated heterocycles. The summed E-state index contributed by atoms with van der Waals surface area (Å²) in [7, 11) is 0. The van der Waals surface area contributed by atoms with Gasteiger partial charge in [0.15, 0.2) is 0 Å². The summed E-state index contributed by atoms with van der Waals surface area (Å²) in [6.45, 7) is 1.26. The van der Waals surface area contributed by atoms with Crippen molar-refractivity contribution in [3.8, 4) is 0 Å². The summed E-state index contributed by atoms with van der Waals surface area (Å²) in [4.78, 5) is 39.3. The summed E-state index contributed by atoms with van der Waals surface area (Å²) in [5.74, 6) is -0.374. The number of hydrogen-bond donors (Lipinski definition) is 1. The molecule has 2 aromatic carbocycles. The van der Waals surface area contributed by atoms with E-state index in [-0.39, 0.29) is 29.0 Å². The fourth-order valence-electron chi connectivity index (χ4n) is 3.71. The Hall–Kier alpha value is -3.74. The predicted octanol–water partition coefficient (Wildman–Crippen LogP) is 2.78. The fraction of sp³-hybridized carbons (Fsp3) is 0.250. The molecule has 0 atom stereocenters. The lowest BCUT2D eigenvalue weighted by molar-refractivity contribution is -0.121. The molecule has 0 aliphatic carbocycles. The number of benzene rings is 2. The molecule has 0 spiro atoms. The molecule has 0 bridgehead atoms. The van der Waals surface area contributed by atoms with Crippen LogP contribution >= 0.6 is 0 Å². The zero-order valence-corrected chi connectivity index (χ0v) is 17.1. The molecule has 2 heterocycles. The van der Waals surface area contributed by atoms with Gasteiger partial charge in [0.25, 0.3) is 11.5 Å². The lowest BCUT2D eigenvalue weighted by Gasteiger charge is -2.31. The van der Waals surface area contributed by atoms with Crippen molar-refractivity contribution < 1.29 is 9.59 Å². The van der Waals surface area contributed by atoms with E-state index < -0.39 is 0 Å². The van der Waals surface area contributed by atoms with E-state index in [4.69, 9.17) is 0 Å². The van der Waals surface area contributed by atoms with Gasteiger partial charge in [-0.1, -0.05) is 48.5 Å². The highest BCUT2D eigenvalue weighted by Crippen LogP contribution is 2.20. The Morgan fingerprint density at radius 2 is 1.55 bits per heavy atom. The molecule has 1 aliphatic heterocycles. The Morgan fingerprint density at radius 1 is 0.903 bits per heavy atom. The average Bonchev–Trinajstić information content (AvgIpc) is 2.81. The molecule has 7 nitrogen and oxygen atoms in total. The van der Waals surface area contributed by atoms with Crippen LogP contribution in [0.3, 0.4) is 0 Å². The monoisotopic (exact) mass is 416 g/mol. The first-order valence-corrected chi connectivity index (χ1v) is 10.4. The number of rotatable bonds is 5. The lowest BCUT2D eigenvalue weighted by Crippen LogP contribution is -2.42. The maximum Gasteiger partial charge on any atom is 0.274 e. The van der Waals surface area contributed by atoms with Crippen LogP contribution < -0.4 is 10.9 Å². The van der Waals surface area contributed by atoms with Gasteiger partial charge >= 0.3 is 0 Å². The first-order chi connectivity index (χ1) is 15.1. The molecule has 3 aromatic rings. The molecule has 2 amide bonds. The van der Waals surface area contributed by atoms with Crippen LogP contribution in [0.1, 0.15) is 28.9 Å². The number of nitrogens with one attached hydrogen (secondary N) is 1. The van der Waals surface area contributed by atoms with E-state index in [9.17, 15) is 14.4 Å². The second-order valence-electron chi connectivity index (χ2n) is 7.62. The number of hydrogen-bond acceptors (Lipinski definition) is 4. The number of carbonyl (C=O) groups is 2. The van der Waals surface area contributed by atoms with Gasteiger partial charge in [-0.05, 0) is 36.6 Å². The number of para-hydroxylation sites is 1. The number of amides is 2. The van der Waals surface area contributed by atoms with Crippen LogP contribution in [0.2, 0.25) is 0 Å². The molecule has 0 radical (unpaired) electrons. The SMILES string of the molecule is O=C(Nc1ccccc1)C1CCN(C(=O)c2ccc(=O)n(Cc3ccccc3)n2)CC1. The molecule has 7 heteroatoms. The van der Waals surface area contributed by atoms with Crippen molar-refractivity contribution in [3.63, 3.8) is 0 Å². The van der Waals surface area contributed by atoms with E-state index in [2.05, 4.69) is 10.4 Å². The summed E-state index contributed by atoms with van der Waals surface area (Å²) >= 11 is 0. The number of anilines is 1. The van der Waals surface area contributed by atoms with Gasteiger partial charge in [-0.3, -0.25) is 14.4 Å². The Morgan fingerprint density at radius 3 is 2.23 bits per heavy atom. The third kappa shape index (κ3) is 5.06. The molecule has 1 aromatic heterocycles. The van der Waals surface area contributed by atoms with Gasteiger partial charge in [-0.25, -0.2) is 4.68 Å². The standard InChI is InChI=1S/C24H24N4O3/c29-22-12-11-21(26-28(22)17-18-7-3-1-4-8-18)24(31)27-15-13-19(14-16-27)23(30)25-20-9-5-2-6-10-20/h1-12,19H,13-17H2,(H,25,30). The second-order valence-corrected chi connectivity index (χ2v) is 7.62. The van der Waals surface area contributed by atoms with Crippen molar-refractivity contribution in [3.05, 3.63) is 94.4 Å². The summed E-state index contributed by atoms with van der Waals surface area (Å²) in [5, 5.41) is 7.22. The number of aromatic nitrogens is 2.